The van der Waals surface area contributed by atoms with Crippen molar-refractivity contribution in [1.82, 2.24) is 19.5 Å². The molecule has 0 bridgehead atoms. The summed E-state index contributed by atoms with van der Waals surface area (Å²) in [5, 5.41) is 20.0. The Labute approximate surface area is 118 Å². The van der Waals surface area contributed by atoms with Gasteiger partial charge in [0.2, 0.25) is 5.95 Å². The minimum Gasteiger partial charge on any atom is -0.387 e. The quantitative estimate of drug-likeness (QED) is 0.486. The fourth-order valence-corrected chi connectivity index (χ4v) is 2.37. The van der Waals surface area contributed by atoms with Crippen molar-refractivity contribution >= 4 is 17.1 Å². The first-order valence-corrected chi connectivity index (χ1v) is 6.20. The van der Waals surface area contributed by atoms with Crippen molar-refractivity contribution in [3.8, 4) is 12.3 Å². The minimum absolute atomic E-state index is 0.0647. The zero-order valence-electron chi connectivity index (χ0n) is 10.8. The van der Waals surface area contributed by atoms with Crippen LogP contribution in [0.25, 0.3) is 11.2 Å². The zero-order valence-corrected chi connectivity index (χ0v) is 10.8. The number of aromatic nitrogens is 4. The fraction of sp³-hybridized carbons (Fsp3) is 0.417. The molecule has 9 heteroatoms. The highest BCUT2D eigenvalue weighted by atomic mass is 16.6. The zero-order chi connectivity index (χ0) is 15.1. The number of nitrogen functional groups attached to an aromatic ring is 1. The number of fused-ring (bicyclic) bond motifs is 1. The van der Waals surface area contributed by atoms with E-state index in [0.717, 1.165) is 0 Å². The fourth-order valence-electron chi connectivity index (χ4n) is 2.37. The lowest BCUT2D eigenvalue weighted by Crippen LogP contribution is -2.31. The van der Waals surface area contributed by atoms with Crippen molar-refractivity contribution in [3.05, 3.63) is 16.7 Å². The molecule has 5 N–H and O–H groups in total. The van der Waals surface area contributed by atoms with Crippen LogP contribution >= 0.6 is 0 Å². The Bertz CT molecular complexity index is 776. The standard InChI is InChI=1S/C12H13N5O4/c1-2-3-5-7(18)8(19)11(21-5)17-4-14-6-9(17)15-12(13)16-10(6)20/h1,4-5,7-8,11,18-19H,3H2,(H3,13,15,16,20). The molecule has 0 amide bonds. The Hall–Kier alpha value is -2.41. The lowest BCUT2D eigenvalue weighted by atomic mass is 10.1. The summed E-state index contributed by atoms with van der Waals surface area (Å²) >= 11 is 0. The van der Waals surface area contributed by atoms with Gasteiger partial charge in [0, 0.05) is 6.42 Å². The molecule has 110 valence electrons. The Kier molecular flexibility index (Phi) is 3.13. The number of H-pyrrole nitrogens is 1. The first kappa shape index (κ1) is 13.6. The Morgan fingerprint density at radius 3 is 3.00 bits per heavy atom. The summed E-state index contributed by atoms with van der Waals surface area (Å²) in [4.78, 5) is 21.9. The van der Waals surface area contributed by atoms with Crippen LogP contribution in [0.4, 0.5) is 5.95 Å². The lowest BCUT2D eigenvalue weighted by molar-refractivity contribution is -0.0332. The molecule has 0 aliphatic carbocycles. The van der Waals surface area contributed by atoms with E-state index < -0.39 is 30.1 Å². The number of aliphatic hydroxyl groups is 2. The van der Waals surface area contributed by atoms with Gasteiger partial charge in [-0.05, 0) is 0 Å². The minimum atomic E-state index is -1.22. The molecule has 1 fully saturated rings. The third-order valence-corrected chi connectivity index (χ3v) is 3.38. The van der Waals surface area contributed by atoms with Gasteiger partial charge < -0.3 is 20.7 Å². The summed E-state index contributed by atoms with van der Waals surface area (Å²) in [6.07, 6.45) is 2.64. The molecule has 1 aliphatic heterocycles. The highest BCUT2D eigenvalue weighted by Gasteiger charge is 2.43. The van der Waals surface area contributed by atoms with Crippen molar-refractivity contribution in [1.29, 1.82) is 0 Å². The van der Waals surface area contributed by atoms with E-state index in [1.54, 1.807) is 0 Å². The molecule has 3 heterocycles. The monoisotopic (exact) mass is 291 g/mol. The van der Waals surface area contributed by atoms with Gasteiger partial charge in [0.1, 0.15) is 12.2 Å². The normalized spacial score (nSPS) is 28.8. The van der Waals surface area contributed by atoms with Crippen LogP contribution in [0.15, 0.2) is 11.1 Å². The smallest absolute Gasteiger partial charge is 0.280 e. The van der Waals surface area contributed by atoms with E-state index in [4.69, 9.17) is 16.9 Å². The number of terminal acetylenes is 1. The van der Waals surface area contributed by atoms with Gasteiger partial charge in [0.05, 0.1) is 12.4 Å². The SMILES string of the molecule is C#CCC1OC(n2cnc3c(=O)[nH]c(N)nc32)C(O)C1O. The van der Waals surface area contributed by atoms with Gasteiger partial charge in [0.15, 0.2) is 17.4 Å². The van der Waals surface area contributed by atoms with Crippen molar-refractivity contribution < 1.29 is 14.9 Å². The average Bonchev–Trinajstić information content (AvgIpc) is 2.96. The van der Waals surface area contributed by atoms with Crippen LogP contribution in [-0.2, 0) is 4.74 Å². The van der Waals surface area contributed by atoms with E-state index in [1.807, 2.05) is 0 Å². The van der Waals surface area contributed by atoms with E-state index in [2.05, 4.69) is 20.9 Å². The first-order valence-electron chi connectivity index (χ1n) is 6.20. The highest BCUT2D eigenvalue weighted by molar-refractivity contribution is 5.70. The van der Waals surface area contributed by atoms with Crippen LogP contribution in [0.1, 0.15) is 12.6 Å². The third-order valence-electron chi connectivity index (χ3n) is 3.38. The summed E-state index contributed by atoms with van der Waals surface area (Å²) in [6, 6.07) is 0. The molecule has 3 rings (SSSR count). The number of rotatable bonds is 2. The number of anilines is 1. The maximum Gasteiger partial charge on any atom is 0.280 e. The Morgan fingerprint density at radius 1 is 1.52 bits per heavy atom. The molecule has 1 aliphatic rings. The number of aromatic amines is 1. The van der Waals surface area contributed by atoms with Crippen LogP contribution in [0.5, 0.6) is 0 Å². The van der Waals surface area contributed by atoms with Gasteiger partial charge in [0.25, 0.3) is 5.56 Å². The molecular formula is C12H13N5O4. The van der Waals surface area contributed by atoms with Crippen molar-refractivity contribution in [2.45, 2.75) is 31.0 Å². The average molecular weight is 291 g/mol. The number of nitrogens with zero attached hydrogens (tertiary/aromatic N) is 3. The van der Waals surface area contributed by atoms with Gasteiger partial charge in [-0.1, -0.05) is 0 Å². The predicted octanol–water partition coefficient (Wildman–Crippen LogP) is -1.66. The molecule has 4 atom stereocenters. The molecule has 2 aromatic heterocycles. The van der Waals surface area contributed by atoms with Gasteiger partial charge >= 0.3 is 0 Å². The maximum absolute atomic E-state index is 11.7. The maximum atomic E-state index is 11.7. The number of nitrogens with two attached hydrogens (primary N) is 1. The molecule has 0 radical (unpaired) electrons. The van der Waals surface area contributed by atoms with Crippen LogP contribution < -0.4 is 11.3 Å². The summed E-state index contributed by atoms with van der Waals surface area (Å²) < 4.78 is 6.90. The number of imidazole rings is 1. The Balaban J connectivity index is 2.06. The van der Waals surface area contributed by atoms with E-state index in [0.29, 0.717) is 0 Å². The Morgan fingerprint density at radius 2 is 2.29 bits per heavy atom. The molecule has 0 spiro atoms. The van der Waals surface area contributed by atoms with E-state index in [-0.39, 0.29) is 23.5 Å². The molecule has 4 unspecified atom stereocenters. The van der Waals surface area contributed by atoms with Gasteiger partial charge in [-0.25, -0.2) is 4.98 Å². The second-order valence-corrected chi connectivity index (χ2v) is 4.73. The molecular weight excluding hydrogens is 278 g/mol. The second-order valence-electron chi connectivity index (χ2n) is 4.73. The largest absolute Gasteiger partial charge is 0.387 e. The summed E-state index contributed by atoms with van der Waals surface area (Å²) in [5.74, 6) is 2.29. The summed E-state index contributed by atoms with van der Waals surface area (Å²) in [6.45, 7) is 0. The number of hydrogen-bond acceptors (Lipinski definition) is 7. The molecule has 9 nitrogen and oxygen atoms in total. The van der Waals surface area contributed by atoms with Crippen LogP contribution in [0.3, 0.4) is 0 Å². The van der Waals surface area contributed by atoms with E-state index in [9.17, 15) is 15.0 Å². The number of nitrogens with one attached hydrogen (secondary N) is 1. The third kappa shape index (κ3) is 2.06. The van der Waals surface area contributed by atoms with Crippen LogP contribution in [0, 0.1) is 12.3 Å². The van der Waals surface area contributed by atoms with Gasteiger partial charge in [-0.2, -0.15) is 4.98 Å². The molecule has 21 heavy (non-hydrogen) atoms. The summed E-state index contributed by atoms with van der Waals surface area (Å²) in [5.41, 5.74) is 5.23. The topological polar surface area (TPSA) is 139 Å². The number of ether oxygens (including phenoxy) is 1. The first-order chi connectivity index (χ1) is 10.0. The van der Waals surface area contributed by atoms with Gasteiger partial charge in [-0.3, -0.25) is 14.3 Å². The van der Waals surface area contributed by atoms with Crippen LogP contribution in [-0.4, -0.2) is 48.0 Å². The predicted molar refractivity (Wildman–Crippen MR) is 71.9 cm³/mol. The molecule has 1 saturated heterocycles. The number of aliphatic hydroxyl groups excluding tert-OH is 2. The molecule has 0 aromatic carbocycles. The summed E-state index contributed by atoms with van der Waals surface area (Å²) in [7, 11) is 0. The highest BCUT2D eigenvalue weighted by Crippen LogP contribution is 2.32. The van der Waals surface area contributed by atoms with Crippen molar-refractivity contribution in [2.24, 2.45) is 0 Å². The van der Waals surface area contributed by atoms with Crippen LogP contribution in [0.2, 0.25) is 0 Å². The lowest BCUT2D eigenvalue weighted by Gasteiger charge is -2.16. The molecule has 2 aromatic rings. The van der Waals surface area contributed by atoms with E-state index in [1.165, 1.54) is 10.9 Å². The van der Waals surface area contributed by atoms with E-state index >= 15 is 0 Å². The van der Waals surface area contributed by atoms with Crippen molar-refractivity contribution in [3.63, 3.8) is 0 Å². The number of hydrogen-bond donors (Lipinski definition) is 4. The van der Waals surface area contributed by atoms with Crippen molar-refractivity contribution in [2.75, 3.05) is 5.73 Å². The second kappa shape index (κ2) is 4.85. The molecule has 0 saturated carbocycles. The van der Waals surface area contributed by atoms with Gasteiger partial charge in [-0.15, -0.1) is 12.3 Å².